The number of fused-ring (bicyclic) bond motifs is 8. The summed E-state index contributed by atoms with van der Waals surface area (Å²) in [5.41, 5.74) is 13.4. The van der Waals surface area contributed by atoms with Crippen LogP contribution in [0.2, 0.25) is 0 Å². The highest BCUT2D eigenvalue weighted by atomic mass is 32.2. The van der Waals surface area contributed by atoms with E-state index in [0.717, 1.165) is 26.5 Å². The Morgan fingerprint density at radius 3 is 1.86 bits per heavy atom. The van der Waals surface area contributed by atoms with Gasteiger partial charge in [0.15, 0.2) is 0 Å². The first-order chi connectivity index (χ1) is 60.2. The number of primary amides is 1. The number of carboxylic acid groups (broad SMARTS) is 1. The van der Waals surface area contributed by atoms with Crippen LogP contribution >= 0.6 is 11.8 Å². The van der Waals surface area contributed by atoms with Crippen LogP contribution in [0.1, 0.15) is 127 Å². The van der Waals surface area contributed by atoms with Gasteiger partial charge in [0.2, 0.25) is 82.7 Å². The van der Waals surface area contributed by atoms with Crippen molar-refractivity contribution in [2.45, 2.75) is 221 Å². The number of aliphatic hydroxyl groups excluding tert-OH is 2. The predicted octanol–water partition coefficient (Wildman–Crippen LogP) is -2.11. The largest absolute Gasteiger partial charge is 0.508 e. The average Bonchev–Trinajstić information content (AvgIpc) is 1.60. The SMILES string of the molecule is CCCC[C@H]1C(=O)N(C)C2(C[C@H]2CCC)C(=O)N[C@@H](C)C(=O)N[C@H](C(N)=O)CSCC(=O)N[C@H]2Cc3ccc(O)cc3N(C2=O)[C@@H](C)C(=O)N[C@@H](CCC(=O)O)C(=O)N2CCC[C@H]2C(=O)N[C@@H](Cc2cnc[nH]2)C(=O)N[C@@H](CCN)C(=O)N2C[C@H](O)C[C@H]2C(=O)N[C@@H](Cc2c[nH]c3ccccc23)C(=O)N[C@@H](CO)C(=O)N[C@@H](Cc2c[nH]c3ccccc23)C(=O)N1C. The molecule has 3 aromatic carbocycles. The van der Waals surface area contributed by atoms with Crippen molar-refractivity contribution >= 4 is 134 Å². The zero-order chi connectivity index (χ0) is 91.1. The maximum atomic E-state index is 15.6. The maximum Gasteiger partial charge on any atom is 0.303 e. The van der Waals surface area contributed by atoms with Gasteiger partial charge in [0.05, 0.1) is 30.5 Å². The number of aromatic nitrogens is 4. The molecule has 0 radical (unpaired) electrons. The number of likely N-dealkylation sites (N-methyl/N-ethyl adjacent to an activating group) is 2. The topological polar surface area (TPSA) is 591 Å². The Kier molecular flexibility index (Phi) is 31.4. The van der Waals surface area contributed by atoms with E-state index >= 15 is 28.8 Å². The number of amides is 15. The number of carboxylic acids is 1. The summed E-state index contributed by atoms with van der Waals surface area (Å²) >= 11 is 0.833. The van der Waals surface area contributed by atoms with E-state index in [1.54, 1.807) is 60.9 Å². The highest BCUT2D eigenvalue weighted by molar-refractivity contribution is 8.00. The predicted molar refractivity (Wildman–Crippen MR) is 458 cm³/mol. The second-order valence-corrected chi connectivity index (χ2v) is 33.9. The second-order valence-electron chi connectivity index (χ2n) is 32.9. The number of benzene rings is 3. The van der Waals surface area contributed by atoms with Gasteiger partial charge < -0.3 is 114 Å². The minimum atomic E-state index is -1.87. The zero-order valence-corrected chi connectivity index (χ0v) is 71.8. The number of hydrogen-bond acceptors (Lipinski definition) is 22. The minimum absolute atomic E-state index is 0.0180. The number of aromatic hydroxyl groups is 1. The summed E-state index contributed by atoms with van der Waals surface area (Å²) < 4.78 is 0. The molecule has 678 valence electrons. The molecular formula is C85H112N20O20S. The monoisotopic (exact) mass is 1760 g/mol. The molecule has 126 heavy (non-hydrogen) atoms. The van der Waals surface area contributed by atoms with Crippen LogP contribution in [0.3, 0.4) is 0 Å². The van der Waals surface area contributed by atoms with Gasteiger partial charge in [0.1, 0.15) is 89.8 Å². The van der Waals surface area contributed by atoms with Crippen LogP contribution in [0.4, 0.5) is 5.69 Å². The Morgan fingerprint density at radius 2 is 1.23 bits per heavy atom. The number of carbonyl (C=O) groups is 16. The van der Waals surface area contributed by atoms with Crippen LogP contribution in [0.25, 0.3) is 21.8 Å². The van der Waals surface area contributed by atoms with Crippen LogP contribution in [-0.4, -0.2) is 297 Å². The molecule has 16 atom stereocenters. The number of phenols is 1. The van der Waals surface area contributed by atoms with E-state index in [9.17, 15) is 68.4 Å². The Morgan fingerprint density at radius 1 is 0.627 bits per heavy atom. The number of imidazole rings is 1. The molecule has 6 aromatic rings. The summed E-state index contributed by atoms with van der Waals surface area (Å²) in [6, 6.07) is -1.88. The van der Waals surface area contributed by atoms with Crippen LogP contribution in [0, 0.1) is 5.92 Å². The highest BCUT2D eigenvalue weighted by Gasteiger charge is 2.64. The number of phenolic OH excluding ortho intramolecular Hbond substituents is 1. The Bertz CT molecular complexity index is 5060. The fraction of sp³-hybridized carbons (Fsp3) is 0.518. The van der Waals surface area contributed by atoms with Crippen molar-refractivity contribution in [2.75, 3.05) is 56.7 Å². The molecule has 5 aliphatic rings. The lowest BCUT2D eigenvalue weighted by Crippen LogP contribution is -2.62. The third-order valence-corrected chi connectivity index (χ3v) is 25.2. The summed E-state index contributed by atoms with van der Waals surface area (Å²) in [5.74, 6) is -16.6. The van der Waals surface area contributed by atoms with Gasteiger partial charge in [-0.05, 0) is 106 Å². The molecule has 4 aliphatic heterocycles. The molecule has 1 unspecified atom stereocenters. The molecule has 1 aliphatic carbocycles. The van der Waals surface area contributed by atoms with Gasteiger partial charge in [0, 0.05) is 124 Å². The van der Waals surface area contributed by atoms with E-state index < -0.39 is 229 Å². The summed E-state index contributed by atoms with van der Waals surface area (Å²) in [5, 5.41) is 68.5. The van der Waals surface area contributed by atoms with Crippen molar-refractivity contribution in [2.24, 2.45) is 17.4 Å². The Balaban J connectivity index is 0.921. The standard InChI is InChI=1S/C85H112N20O20S/c1-7-9-20-66-83(124)102(6)85(35-49(85)15-8-2)84(125)92-44(3)72(113)100-64(71(87)112)41-126-42-69(109)93-62-29-46-22-23-51(107)33-67(46)105(82(62)123)45(4)73(114)94-57(24-25-70(110)111)80(121)103-28-14-21-65(103)77(118)97-60(32-50-38-88-43-91-50)75(116)95-58(26-27-86)81(122)104-39-52(108)34-68(104)78(119)96-59(30-47-36-89-55-18-12-10-16-53(47)55)74(115)99-63(40-106)76(117)98-61(79(120)101(66)5)31-48-37-90-56-19-13-11-17-54(48)56/h10-13,16-19,22-23,33,36-38,43-45,49,52,57-66,68,89-90,106-108H,7-9,14-15,20-21,24-32,34-35,39-42,86H2,1-6H3,(H2,87,112)(H,88,91)(H,92,125)(H,93,109)(H,94,114)(H,95,116)(H,96,119)(H,97,118)(H,98,117)(H,99,115)(H,100,113)(H,110,111)/t44-,45-,49+,52+,57-,58-,59-,60-,61-,62-,63-,64-,65-,66-,68-,85?/m0/s1. The number of carbonyl (C=O) groups excluding carboxylic acids is 15. The van der Waals surface area contributed by atoms with E-state index in [0.29, 0.717) is 69.9 Å². The lowest BCUT2D eigenvalue weighted by molar-refractivity contribution is -0.150. The molecule has 11 rings (SSSR count). The molecule has 4 fully saturated rings. The number of aliphatic hydroxyl groups is 2. The first kappa shape index (κ1) is 94.2. The van der Waals surface area contributed by atoms with Gasteiger partial charge in [-0.15, -0.1) is 11.8 Å². The molecule has 15 amide bonds. The number of H-pyrrole nitrogens is 3. The number of unbranched alkanes of at least 4 members (excludes halogenated alkanes) is 1. The normalized spacial score (nSPS) is 27.5. The third kappa shape index (κ3) is 21.9. The number of rotatable bonds is 18. The van der Waals surface area contributed by atoms with E-state index in [1.165, 1.54) is 68.5 Å². The number of nitrogens with zero attached hydrogens (tertiary/aromatic N) is 6. The van der Waals surface area contributed by atoms with Gasteiger partial charge in [-0.3, -0.25) is 81.6 Å². The molecule has 20 N–H and O–H groups in total. The maximum absolute atomic E-state index is 15.6. The summed E-state index contributed by atoms with van der Waals surface area (Å²) in [6.07, 6.45) is 3.83. The van der Waals surface area contributed by atoms with Gasteiger partial charge in [-0.2, -0.15) is 0 Å². The number of nitrogens with one attached hydrogen (secondary N) is 12. The molecule has 40 nitrogen and oxygen atoms in total. The van der Waals surface area contributed by atoms with Crippen LogP contribution < -0.4 is 64.2 Å². The first-order valence-corrected chi connectivity index (χ1v) is 43.5. The van der Waals surface area contributed by atoms with Gasteiger partial charge >= 0.3 is 5.97 Å². The third-order valence-electron chi connectivity index (χ3n) is 24.2. The van der Waals surface area contributed by atoms with Gasteiger partial charge in [-0.25, -0.2) is 4.98 Å². The summed E-state index contributed by atoms with van der Waals surface area (Å²) in [6.45, 7) is 4.43. The van der Waals surface area contributed by atoms with Crippen molar-refractivity contribution in [3.05, 3.63) is 114 Å². The van der Waals surface area contributed by atoms with E-state index in [4.69, 9.17) is 11.5 Å². The Hall–Kier alpha value is -12.5. The zero-order valence-electron chi connectivity index (χ0n) is 70.9. The quantitative estimate of drug-likeness (QED) is 0.0438. The van der Waals surface area contributed by atoms with E-state index in [-0.39, 0.29) is 88.1 Å². The number of aromatic amines is 3. The number of para-hydroxylation sites is 2. The average molecular weight is 1770 g/mol. The van der Waals surface area contributed by atoms with E-state index in [1.807, 2.05) is 13.8 Å². The minimum Gasteiger partial charge on any atom is -0.508 e. The molecule has 1 saturated carbocycles. The molecule has 41 heteroatoms. The smallest absolute Gasteiger partial charge is 0.303 e. The second kappa shape index (κ2) is 42.0. The van der Waals surface area contributed by atoms with Crippen molar-refractivity contribution in [3.8, 4) is 5.75 Å². The van der Waals surface area contributed by atoms with Crippen molar-refractivity contribution in [3.63, 3.8) is 0 Å². The molecular weight excluding hydrogens is 1650 g/mol. The summed E-state index contributed by atoms with van der Waals surface area (Å²) in [4.78, 5) is 253. The lowest BCUT2D eigenvalue weighted by Gasteiger charge is -2.38. The van der Waals surface area contributed by atoms with Gasteiger partial charge in [-0.1, -0.05) is 75.6 Å². The van der Waals surface area contributed by atoms with Crippen molar-refractivity contribution in [1.82, 2.24) is 87.4 Å². The first-order valence-electron chi connectivity index (χ1n) is 42.4. The highest BCUT2D eigenvalue weighted by Crippen LogP contribution is 2.51. The lowest BCUT2D eigenvalue weighted by atomic mass is 9.95. The molecule has 3 aromatic heterocycles. The van der Waals surface area contributed by atoms with Crippen molar-refractivity contribution < 1.29 is 97.1 Å². The Labute approximate surface area is 729 Å². The van der Waals surface area contributed by atoms with Crippen molar-refractivity contribution in [1.29, 1.82) is 0 Å². The van der Waals surface area contributed by atoms with Crippen LogP contribution in [0.15, 0.2) is 91.6 Å². The fourth-order valence-electron chi connectivity index (χ4n) is 17.2. The number of hydrogen-bond donors (Lipinski definition) is 18. The fourth-order valence-corrected chi connectivity index (χ4v) is 18.0. The summed E-state index contributed by atoms with van der Waals surface area (Å²) in [7, 11) is 2.80. The molecule has 2 bridgehead atoms. The van der Waals surface area contributed by atoms with E-state index in [2.05, 4.69) is 67.8 Å². The van der Waals surface area contributed by atoms with Crippen LogP contribution in [0.5, 0.6) is 5.75 Å². The number of nitrogens with two attached hydrogens (primary N) is 2. The number of anilines is 1. The number of thioether (sulfide) groups is 1. The van der Waals surface area contributed by atoms with Gasteiger partial charge in [0.25, 0.3) is 5.91 Å². The molecule has 7 heterocycles. The van der Waals surface area contributed by atoms with Crippen LogP contribution in [-0.2, 0) is 102 Å². The molecule has 1 spiro atoms. The molecule has 3 saturated heterocycles. The number of aliphatic carboxylic acids is 1.